The third kappa shape index (κ3) is 5.82. The van der Waals surface area contributed by atoms with Gasteiger partial charge >= 0.3 is 0 Å². The highest BCUT2D eigenvalue weighted by molar-refractivity contribution is 7.99. The number of rotatable bonds is 8. The standard InChI is InChI=1S/C9H20O4S/c1-3-13-9(14-4-2)5-7(11)8(12)6-10/h7-12H,3-6H2,1-2H3/t7-,8+,9?/m0/s1. The van der Waals surface area contributed by atoms with Crippen molar-refractivity contribution in [1.82, 2.24) is 0 Å². The maximum atomic E-state index is 9.44. The molecular weight excluding hydrogens is 204 g/mol. The minimum absolute atomic E-state index is 0.110. The predicted octanol–water partition coefficient (Wildman–Crippen LogP) is 0.206. The molecule has 0 radical (unpaired) electrons. The number of aliphatic hydroxyl groups excluding tert-OH is 3. The lowest BCUT2D eigenvalue weighted by molar-refractivity contribution is -0.0340. The first-order valence-electron chi connectivity index (χ1n) is 4.85. The van der Waals surface area contributed by atoms with Crippen LogP contribution in [0.4, 0.5) is 0 Å². The molecule has 0 rings (SSSR count). The number of aliphatic hydroxyl groups is 3. The molecule has 0 aromatic heterocycles. The average molecular weight is 224 g/mol. The number of hydrogen-bond acceptors (Lipinski definition) is 5. The van der Waals surface area contributed by atoms with Crippen molar-refractivity contribution in [2.45, 2.75) is 37.9 Å². The van der Waals surface area contributed by atoms with Crippen molar-refractivity contribution in [3.8, 4) is 0 Å². The van der Waals surface area contributed by atoms with E-state index in [4.69, 9.17) is 14.9 Å². The van der Waals surface area contributed by atoms with Gasteiger partial charge in [-0.2, -0.15) is 0 Å². The van der Waals surface area contributed by atoms with Gasteiger partial charge in [0.1, 0.15) is 11.5 Å². The van der Waals surface area contributed by atoms with Crippen LogP contribution in [0.25, 0.3) is 0 Å². The molecule has 0 amide bonds. The molecule has 0 saturated heterocycles. The van der Waals surface area contributed by atoms with Gasteiger partial charge in [-0.1, -0.05) is 6.92 Å². The second-order valence-corrected chi connectivity index (χ2v) is 4.33. The number of hydrogen-bond donors (Lipinski definition) is 3. The van der Waals surface area contributed by atoms with Gasteiger partial charge in [0.25, 0.3) is 0 Å². The van der Waals surface area contributed by atoms with Crippen LogP contribution in [-0.2, 0) is 4.74 Å². The molecule has 0 bridgehead atoms. The third-order valence-electron chi connectivity index (χ3n) is 1.77. The molecule has 0 aromatic carbocycles. The summed E-state index contributed by atoms with van der Waals surface area (Å²) in [5.41, 5.74) is -0.110. The summed E-state index contributed by atoms with van der Waals surface area (Å²) in [5, 5.41) is 27.2. The normalized spacial score (nSPS) is 17.8. The molecule has 0 saturated carbocycles. The lowest BCUT2D eigenvalue weighted by Crippen LogP contribution is -2.32. The Bertz CT molecular complexity index is 128. The first kappa shape index (κ1) is 14.2. The van der Waals surface area contributed by atoms with Crippen molar-refractivity contribution in [3.05, 3.63) is 0 Å². The highest BCUT2D eigenvalue weighted by Gasteiger charge is 2.20. The zero-order valence-electron chi connectivity index (χ0n) is 8.72. The Morgan fingerprint density at radius 2 is 1.86 bits per heavy atom. The summed E-state index contributed by atoms with van der Waals surface area (Å²) in [6.07, 6.45) is -1.65. The molecular formula is C9H20O4S. The van der Waals surface area contributed by atoms with E-state index in [2.05, 4.69) is 0 Å². The van der Waals surface area contributed by atoms with Crippen molar-refractivity contribution in [1.29, 1.82) is 0 Å². The molecule has 3 N–H and O–H groups in total. The molecule has 0 fully saturated rings. The molecule has 0 aliphatic heterocycles. The van der Waals surface area contributed by atoms with Gasteiger partial charge < -0.3 is 20.1 Å². The van der Waals surface area contributed by atoms with Gasteiger partial charge in [0.05, 0.1) is 12.7 Å². The van der Waals surface area contributed by atoms with Crippen LogP contribution in [0.5, 0.6) is 0 Å². The molecule has 0 heterocycles. The quantitative estimate of drug-likeness (QED) is 0.514. The van der Waals surface area contributed by atoms with Crippen LogP contribution >= 0.6 is 11.8 Å². The van der Waals surface area contributed by atoms with E-state index in [9.17, 15) is 5.11 Å². The molecule has 1 unspecified atom stereocenters. The maximum Gasteiger partial charge on any atom is 0.105 e. The van der Waals surface area contributed by atoms with Crippen LogP contribution in [0.15, 0.2) is 0 Å². The first-order valence-corrected chi connectivity index (χ1v) is 5.90. The van der Waals surface area contributed by atoms with Crippen molar-refractivity contribution in [3.63, 3.8) is 0 Å². The zero-order valence-corrected chi connectivity index (χ0v) is 9.54. The Balaban J connectivity index is 3.87. The van der Waals surface area contributed by atoms with Gasteiger partial charge in [-0.25, -0.2) is 0 Å². The fourth-order valence-corrected chi connectivity index (χ4v) is 1.97. The van der Waals surface area contributed by atoms with Crippen LogP contribution in [-0.4, -0.2) is 51.9 Å². The van der Waals surface area contributed by atoms with E-state index in [0.717, 1.165) is 5.75 Å². The summed E-state index contributed by atoms with van der Waals surface area (Å²) >= 11 is 1.58. The van der Waals surface area contributed by atoms with E-state index in [1.807, 2.05) is 13.8 Å². The molecule has 4 nitrogen and oxygen atoms in total. The topological polar surface area (TPSA) is 69.9 Å². The van der Waals surface area contributed by atoms with Crippen LogP contribution < -0.4 is 0 Å². The highest BCUT2D eigenvalue weighted by Crippen LogP contribution is 2.18. The highest BCUT2D eigenvalue weighted by atomic mass is 32.2. The monoisotopic (exact) mass is 224 g/mol. The summed E-state index contributed by atoms with van der Waals surface area (Å²) in [5.74, 6) is 0.895. The largest absolute Gasteiger partial charge is 0.394 e. The Morgan fingerprint density at radius 1 is 1.21 bits per heavy atom. The number of thioether (sulfide) groups is 1. The molecule has 3 atom stereocenters. The summed E-state index contributed by atoms with van der Waals surface area (Å²) in [4.78, 5) is 0. The zero-order chi connectivity index (χ0) is 11.0. The van der Waals surface area contributed by atoms with Crippen molar-refractivity contribution in [2.24, 2.45) is 0 Å². The first-order chi connectivity index (χ1) is 6.65. The fraction of sp³-hybridized carbons (Fsp3) is 1.00. The predicted molar refractivity (Wildman–Crippen MR) is 57.3 cm³/mol. The smallest absolute Gasteiger partial charge is 0.105 e. The Morgan fingerprint density at radius 3 is 2.29 bits per heavy atom. The Labute approximate surface area is 89.3 Å². The maximum absolute atomic E-state index is 9.44. The molecule has 0 aliphatic carbocycles. The lowest BCUT2D eigenvalue weighted by atomic mass is 10.1. The third-order valence-corrected chi connectivity index (χ3v) is 2.80. The van der Waals surface area contributed by atoms with Gasteiger partial charge in [-0.05, 0) is 12.7 Å². The van der Waals surface area contributed by atoms with E-state index in [1.165, 1.54) is 0 Å². The summed E-state index contributed by atoms with van der Waals surface area (Å²) in [6, 6.07) is 0. The summed E-state index contributed by atoms with van der Waals surface area (Å²) < 4.78 is 5.36. The van der Waals surface area contributed by atoms with E-state index in [0.29, 0.717) is 13.0 Å². The van der Waals surface area contributed by atoms with E-state index >= 15 is 0 Å². The van der Waals surface area contributed by atoms with Gasteiger partial charge in [-0.15, -0.1) is 11.8 Å². The van der Waals surface area contributed by atoms with Crippen LogP contribution in [0.3, 0.4) is 0 Å². The van der Waals surface area contributed by atoms with Gasteiger partial charge in [0.2, 0.25) is 0 Å². The fourth-order valence-electron chi connectivity index (χ4n) is 1.03. The Hall–Kier alpha value is 0.190. The molecule has 14 heavy (non-hydrogen) atoms. The molecule has 5 heteroatoms. The van der Waals surface area contributed by atoms with Crippen LogP contribution in [0.1, 0.15) is 20.3 Å². The minimum Gasteiger partial charge on any atom is -0.394 e. The van der Waals surface area contributed by atoms with Crippen molar-refractivity contribution in [2.75, 3.05) is 19.0 Å². The summed E-state index contributed by atoms with van der Waals surface area (Å²) in [6.45, 7) is 4.06. The Kier molecular flexibility index (Phi) is 8.61. The van der Waals surface area contributed by atoms with Crippen molar-refractivity contribution < 1.29 is 20.1 Å². The van der Waals surface area contributed by atoms with E-state index < -0.39 is 18.8 Å². The molecule has 0 aliphatic rings. The lowest BCUT2D eigenvalue weighted by Gasteiger charge is -2.21. The van der Waals surface area contributed by atoms with E-state index in [-0.39, 0.29) is 5.44 Å². The second-order valence-electron chi connectivity index (χ2n) is 2.89. The minimum atomic E-state index is -1.07. The number of ether oxygens (including phenoxy) is 1. The van der Waals surface area contributed by atoms with Gasteiger partial charge in [0.15, 0.2) is 0 Å². The molecule has 0 aromatic rings. The van der Waals surface area contributed by atoms with Crippen LogP contribution in [0.2, 0.25) is 0 Å². The molecule has 0 spiro atoms. The van der Waals surface area contributed by atoms with Gasteiger partial charge in [0, 0.05) is 13.0 Å². The average Bonchev–Trinajstić information content (AvgIpc) is 2.17. The second kappa shape index (κ2) is 8.49. The SMILES string of the molecule is CCOC(C[C@H](O)[C@H](O)CO)SCC. The van der Waals surface area contributed by atoms with Crippen molar-refractivity contribution >= 4 is 11.8 Å². The van der Waals surface area contributed by atoms with Crippen LogP contribution in [0, 0.1) is 0 Å². The van der Waals surface area contributed by atoms with Gasteiger partial charge in [-0.3, -0.25) is 0 Å². The molecule has 86 valence electrons. The van der Waals surface area contributed by atoms with E-state index in [1.54, 1.807) is 11.8 Å². The summed E-state index contributed by atoms with van der Waals surface area (Å²) in [7, 11) is 0.